The maximum Gasteiger partial charge on any atom is 0.341 e. The number of hydrogen-bond acceptors (Lipinski definition) is 7. The average molecular weight is 407 g/mol. The summed E-state index contributed by atoms with van der Waals surface area (Å²) in [4.78, 5) is 20.8. The van der Waals surface area contributed by atoms with Crippen LogP contribution in [0.2, 0.25) is 0 Å². The monoisotopic (exact) mass is 407 g/mol. The van der Waals surface area contributed by atoms with Crippen molar-refractivity contribution in [2.45, 2.75) is 36.7 Å². The molecule has 0 aliphatic heterocycles. The molecule has 3 aromatic rings. The molecular weight excluding hydrogens is 386 g/mol. The molecule has 1 aliphatic carbocycles. The van der Waals surface area contributed by atoms with Crippen molar-refractivity contribution in [1.29, 1.82) is 5.26 Å². The number of aromatic amines is 1. The van der Waals surface area contributed by atoms with Gasteiger partial charge in [0.1, 0.15) is 11.2 Å². The number of carbonyl (C=O) groups is 1. The van der Waals surface area contributed by atoms with E-state index in [2.05, 4.69) is 26.1 Å². The Bertz CT molecular complexity index is 1070. The summed E-state index contributed by atoms with van der Waals surface area (Å²) in [7, 11) is 0. The molecule has 0 spiro atoms. The van der Waals surface area contributed by atoms with Gasteiger partial charge in [-0.2, -0.15) is 5.26 Å². The van der Waals surface area contributed by atoms with Gasteiger partial charge in [0.25, 0.3) is 0 Å². The number of nitrogens with one attached hydrogen (secondary N) is 3. The molecule has 148 valence electrons. The van der Waals surface area contributed by atoms with Gasteiger partial charge >= 0.3 is 5.97 Å². The summed E-state index contributed by atoms with van der Waals surface area (Å²) >= 11 is 1.54. The second-order valence-electron chi connectivity index (χ2n) is 6.88. The summed E-state index contributed by atoms with van der Waals surface area (Å²) in [5.74, 6) is -0.368. The molecule has 2 aromatic heterocycles. The lowest BCUT2D eigenvalue weighted by Gasteiger charge is -2.37. The molecule has 0 radical (unpaired) electrons. The van der Waals surface area contributed by atoms with E-state index in [-0.39, 0.29) is 12.0 Å². The first-order chi connectivity index (χ1) is 14.2. The Kier molecular flexibility index (Phi) is 5.69. The Morgan fingerprint density at radius 3 is 3.03 bits per heavy atom. The minimum atomic E-state index is -0.368. The molecule has 4 rings (SSSR count). The zero-order valence-electron chi connectivity index (χ0n) is 15.9. The summed E-state index contributed by atoms with van der Waals surface area (Å²) in [5.41, 5.74) is 2.62. The van der Waals surface area contributed by atoms with Crippen molar-refractivity contribution < 1.29 is 9.53 Å². The summed E-state index contributed by atoms with van der Waals surface area (Å²) in [6, 6.07) is 12.2. The molecule has 0 amide bonds. The van der Waals surface area contributed by atoms with Gasteiger partial charge in [-0.25, -0.2) is 9.78 Å². The number of nitrogens with zero attached hydrogens (tertiary/aromatic N) is 2. The SMILES string of the molecule is CCOC(=O)c1cnc2[nH]ccc2c1NC1CC(NSc2cccc(C#N)c2)C1. The molecular formula is C21H21N5O2S. The van der Waals surface area contributed by atoms with Crippen LogP contribution in [0.4, 0.5) is 5.69 Å². The Balaban J connectivity index is 1.39. The lowest BCUT2D eigenvalue weighted by atomic mass is 9.87. The van der Waals surface area contributed by atoms with Crippen LogP contribution >= 0.6 is 11.9 Å². The highest BCUT2D eigenvalue weighted by Crippen LogP contribution is 2.32. The molecule has 0 saturated heterocycles. The number of hydrogen-bond donors (Lipinski definition) is 3. The number of rotatable bonds is 7. The maximum atomic E-state index is 12.3. The first-order valence-corrected chi connectivity index (χ1v) is 10.3. The summed E-state index contributed by atoms with van der Waals surface area (Å²) in [5, 5.41) is 13.4. The molecule has 1 aromatic carbocycles. The van der Waals surface area contributed by atoms with Gasteiger partial charge in [0.2, 0.25) is 0 Å². The van der Waals surface area contributed by atoms with E-state index in [1.54, 1.807) is 31.1 Å². The highest BCUT2D eigenvalue weighted by Gasteiger charge is 2.31. The van der Waals surface area contributed by atoms with Gasteiger partial charge in [0.15, 0.2) is 0 Å². The van der Waals surface area contributed by atoms with E-state index in [1.165, 1.54) is 0 Å². The van der Waals surface area contributed by atoms with E-state index in [9.17, 15) is 4.79 Å². The van der Waals surface area contributed by atoms with Crippen LogP contribution in [0.25, 0.3) is 11.0 Å². The van der Waals surface area contributed by atoms with Gasteiger partial charge in [-0.3, -0.25) is 4.72 Å². The predicted octanol–water partition coefficient (Wildman–Crippen LogP) is 3.85. The number of H-pyrrole nitrogens is 1. The normalized spacial score (nSPS) is 18.1. The number of ether oxygens (including phenoxy) is 1. The summed E-state index contributed by atoms with van der Waals surface area (Å²) in [6.45, 7) is 2.11. The molecule has 0 unspecified atom stereocenters. The number of carbonyl (C=O) groups excluding carboxylic acids is 1. The number of pyridine rings is 1. The molecule has 0 atom stereocenters. The van der Waals surface area contributed by atoms with E-state index in [1.807, 2.05) is 30.5 Å². The first-order valence-electron chi connectivity index (χ1n) is 9.50. The fourth-order valence-corrected chi connectivity index (χ4v) is 4.17. The van der Waals surface area contributed by atoms with Gasteiger partial charge in [-0.05, 0) is 56.0 Å². The molecule has 29 heavy (non-hydrogen) atoms. The second kappa shape index (κ2) is 8.55. The fourth-order valence-electron chi connectivity index (χ4n) is 3.34. The lowest BCUT2D eigenvalue weighted by molar-refractivity contribution is 0.0527. The number of nitriles is 1. The topological polar surface area (TPSA) is 103 Å². The maximum absolute atomic E-state index is 12.3. The van der Waals surface area contributed by atoms with Crippen molar-refractivity contribution in [3.8, 4) is 6.07 Å². The zero-order valence-corrected chi connectivity index (χ0v) is 16.8. The molecule has 1 saturated carbocycles. The average Bonchev–Trinajstić information content (AvgIpc) is 3.19. The van der Waals surface area contributed by atoms with Crippen molar-refractivity contribution in [2.24, 2.45) is 0 Å². The first kappa shape index (κ1) is 19.3. The van der Waals surface area contributed by atoms with Crippen LogP contribution < -0.4 is 10.0 Å². The molecule has 1 fully saturated rings. The Labute approximate surface area is 173 Å². The smallest absolute Gasteiger partial charge is 0.341 e. The highest BCUT2D eigenvalue weighted by molar-refractivity contribution is 7.97. The van der Waals surface area contributed by atoms with Crippen LogP contribution in [-0.4, -0.2) is 34.6 Å². The van der Waals surface area contributed by atoms with Gasteiger partial charge in [0.05, 0.1) is 23.9 Å². The Morgan fingerprint density at radius 2 is 2.24 bits per heavy atom. The van der Waals surface area contributed by atoms with Gasteiger partial charge in [-0.15, -0.1) is 0 Å². The van der Waals surface area contributed by atoms with Gasteiger partial charge < -0.3 is 15.0 Å². The van der Waals surface area contributed by atoms with Crippen LogP contribution in [0.1, 0.15) is 35.7 Å². The lowest BCUT2D eigenvalue weighted by Crippen LogP contribution is -2.45. The predicted molar refractivity (Wildman–Crippen MR) is 113 cm³/mol. The van der Waals surface area contributed by atoms with Gasteiger partial charge in [-0.1, -0.05) is 6.07 Å². The molecule has 2 heterocycles. The summed E-state index contributed by atoms with van der Waals surface area (Å²) in [6.07, 6.45) is 5.24. The molecule has 7 nitrogen and oxygen atoms in total. The van der Waals surface area contributed by atoms with E-state index >= 15 is 0 Å². The van der Waals surface area contributed by atoms with E-state index in [0.29, 0.717) is 23.8 Å². The van der Waals surface area contributed by atoms with Crippen molar-refractivity contribution >= 4 is 34.6 Å². The summed E-state index contributed by atoms with van der Waals surface area (Å²) < 4.78 is 8.64. The zero-order chi connectivity index (χ0) is 20.2. The Hall–Kier alpha value is -3.02. The van der Waals surface area contributed by atoms with Crippen molar-refractivity contribution in [2.75, 3.05) is 11.9 Å². The van der Waals surface area contributed by atoms with Crippen LogP contribution in [0.15, 0.2) is 47.6 Å². The van der Waals surface area contributed by atoms with Crippen LogP contribution in [0, 0.1) is 11.3 Å². The van der Waals surface area contributed by atoms with E-state index in [0.717, 1.165) is 34.5 Å². The van der Waals surface area contributed by atoms with Crippen molar-refractivity contribution in [1.82, 2.24) is 14.7 Å². The van der Waals surface area contributed by atoms with E-state index < -0.39 is 0 Å². The quantitative estimate of drug-likeness (QED) is 0.404. The largest absolute Gasteiger partial charge is 0.462 e. The second-order valence-corrected chi connectivity index (χ2v) is 7.79. The van der Waals surface area contributed by atoms with Gasteiger partial charge in [0, 0.05) is 34.8 Å². The van der Waals surface area contributed by atoms with Crippen molar-refractivity contribution in [3.63, 3.8) is 0 Å². The third-order valence-electron chi connectivity index (χ3n) is 4.88. The standard InChI is InChI=1S/C21H21N5O2S/c1-2-28-21(27)18-12-24-20-17(6-7-23-20)19(18)25-14-9-15(10-14)26-29-16-5-3-4-13(8-16)11-22/h3-8,12,14-15,26H,2,9-10H2,1H3,(H2,23,24,25). The number of esters is 1. The number of aromatic nitrogens is 2. The van der Waals surface area contributed by atoms with Crippen LogP contribution in [-0.2, 0) is 4.74 Å². The highest BCUT2D eigenvalue weighted by atomic mass is 32.2. The third kappa shape index (κ3) is 4.21. The molecule has 1 aliphatic rings. The molecule has 8 heteroatoms. The van der Waals surface area contributed by atoms with E-state index in [4.69, 9.17) is 10.00 Å². The molecule has 3 N–H and O–H groups in total. The van der Waals surface area contributed by atoms with Crippen LogP contribution in [0.3, 0.4) is 0 Å². The number of fused-ring (bicyclic) bond motifs is 1. The van der Waals surface area contributed by atoms with Crippen LogP contribution in [0.5, 0.6) is 0 Å². The fraction of sp³-hybridized carbons (Fsp3) is 0.286. The third-order valence-corrected chi connectivity index (χ3v) is 5.82. The number of benzene rings is 1. The molecule has 0 bridgehead atoms. The van der Waals surface area contributed by atoms with Crippen molar-refractivity contribution in [3.05, 3.63) is 53.9 Å². The Morgan fingerprint density at radius 1 is 1.38 bits per heavy atom. The minimum Gasteiger partial charge on any atom is -0.462 e. The minimum absolute atomic E-state index is 0.257. The number of anilines is 1.